The molecule has 0 atom stereocenters. The molecule has 0 amide bonds. The minimum Gasteiger partial charge on any atom is -0.496 e. The van der Waals surface area contributed by atoms with Crippen LogP contribution in [-0.4, -0.2) is 23.1 Å². The van der Waals surface area contributed by atoms with Gasteiger partial charge in [-0.25, -0.2) is 4.79 Å². The summed E-state index contributed by atoms with van der Waals surface area (Å²) in [5.41, 5.74) is -2.12. The number of nitrogens with zero attached hydrogens (tertiary/aromatic N) is 1. The Morgan fingerprint density at radius 1 is 1.21 bits per heavy atom. The van der Waals surface area contributed by atoms with Crippen LogP contribution in [0.25, 0.3) is 11.1 Å². The smallest absolute Gasteiger partial charge is 0.416 e. The summed E-state index contributed by atoms with van der Waals surface area (Å²) < 4.78 is 43.7. The maximum absolute atomic E-state index is 12.9. The molecule has 9 heteroatoms. The van der Waals surface area contributed by atoms with E-state index in [1.54, 1.807) is 0 Å². The Bertz CT molecular complexity index is 785. The highest BCUT2D eigenvalue weighted by atomic mass is 19.4. The second-order valence-corrected chi connectivity index (χ2v) is 4.74. The molecule has 0 fully saturated rings. The van der Waals surface area contributed by atoms with Crippen LogP contribution in [-0.2, 0) is 6.18 Å². The quantitative estimate of drug-likeness (QED) is 0.671. The fraction of sp³-hybridized carbons (Fsp3) is 0.133. The van der Waals surface area contributed by atoms with Crippen molar-refractivity contribution in [1.82, 2.24) is 0 Å². The lowest BCUT2D eigenvalue weighted by molar-refractivity contribution is -0.384. The van der Waals surface area contributed by atoms with Crippen molar-refractivity contribution in [3.63, 3.8) is 0 Å². The number of benzene rings is 2. The third-order valence-corrected chi connectivity index (χ3v) is 3.21. The number of hydrogen-bond acceptors (Lipinski definition) is 4. The molecule has 0 spiro atoms. The lowest BCUT2D eigenvalue weighted by Crippen LogP contribution is -2.05. The number of rotatable bonds is 4. The standard InChI is InChI=1S/C15H10F3NO5/c1-24-13-3-2-10(15(16,17)18)7-12(13)8-4-9(14(20)21)6-11(5-8)19(22)23/h2-7H,1H3,(H,20,21). The SMILES string of the molecule is COc1ccc(C(F)(F)F)cc1-c1cc(C(=O)O)cc([N+](=O)[O-])c1. The van der Waals surface area contributed by atoms with Crippen LogP contribution in [0.1, 0.15) is 15.9 Å². The van der Waals surface area contributed by atoms with E-state index in [1.165, 1.54) is 7.11 Å². The Morgan fingerprint density at radius 3 is 2.38 bits per heavy atom. The van der Waals surface area contributed by atoms with Gasteiger partial charge in [-0.2, -0.15) is 13.2 Å². The van der Waals surface area contributed by atoms with Gasteiger partial charge in [-0.05, 0) is 29.8 Å². The molecule has 0 aromatic heterocycles. The monoisotopic (exact) mass is 341 g/mol. The molecule has 2 aromatic carbocycles. The number of nitro benzene ring substituents is 1. The number of carboxylic acid groups (broad SMARTS) is 1. The van der Waals surface area contributed by atoms with Gasteiger partial charge in [0.1, 0.15) is 5.75 Å². The highest BCUT2D eigenvalue weighted by Crippen LogP contribution is 2.38. The van der Waals surface area contributed by atoms with Gasteiger partial charge in [-0.15, -0.1) is 0 Å². The van der Waals surface area contributed by atoms with Gasteiger partial charge in [0.05, 0.1) is 23.2 Å². The van der Waals surface area contributed by atoms with E-state index >= 15 is 0 Å². The zero-order valence-electron chi connectivity index (χ0n) is 12.1. The second-order valence-electron chi connectivity index (χ2n) is 4.74. The highest BCUT2D eigenvalue weighted by molar-refractivity contribution is 5.91. The van der Waals surface area contributed by atoms with Gasteiger partial charge < -0.3 is 9.84 Å². The average molecular weight is 341 g/mol. The molecule has 24 heavy (non-hydrogen) atoms. The fourth-order valence-corrected chi connectivity index (χ4v) is 2.11. The second kappa shape index (κ2) is 6.19. The summed E-state index contributed by atoms with van der Waals surface area (Å²) in [6.45, 7) is 0. The van der Waals surface area contributed by atoms with Crippen molar-refractivity contribution in [3.8, 4) is 16.9 Å². The molecular weight excluding hydrogens is 331 g/mol. The summed E-state index contributed by atoms with van der Waals surface area (Å²) in [4.78, 5) is 21.2. The molecule has 0 aliphatic rings. The summed E-state index contributed by atoms with van der Waals surface area (Å²) in [5, 5.41) is 20.0. The van der Waals surface area contributed by atoms with Crippen molar-refractivity contribution >= 4 is 11.7 Å². The Hall–Kier alpha value is -3.10. The maximum Gasteiger partial charge on any atom is 0.416 e. The highest BCUT2D eigenvalue weighted by Gasteiger charge is 2.31. The molecule has 2 aromatic rings. The predicted octanol–water partition coefficient (Wildman–Crippen LogP) is 3.99. The maximum atomic E-state index is 12.9. The molecule has 0 aliphatic heterocycles. The first-order chi connectivity index (χ1) is 11.1. The van der Waals surface area contributed by atoms with Crippen LogP contribution in [0.4, 0.5) is 18.9 Å². The minimum absolute atomic E-state index is 0.0276. The topological polar surface area (TPSA) is 89.7 Å². The molecular formula is C15H10F3NO5. The number of methoxy groups -OCH3 is 1. The first-order valence-electron chi connectivity index (χ1n) is 6.42. The molecule has 0 aliphatic carbocycles. The number of ether oxygens (including phenoxy) is 1. The van der Waals surface area contributed by atoms with E-state index in [0.717, 1.165) is 36.4 Å². The molecule has 0 unspecified atom stereocenters. The zero-order chi connectivity index (χ0) is 18.1. The predicted molar refractivity (Wildman–Crippen MR) is 77.0 cm³/mol. The Balaban J connectivity index is 2.74. The summed E-state index contributed by atoms with van der Waals surface area (Å²) in [6.07, 6.45) is -4.63. The van der Waals surface area contributed by atoms with Crippen molar-refractivity contribution < 1.29 is 32.7 Å². The van der Waals surface area contributed by atoms with E-state index in [-0.39, 0.29) is 16.9 Å². The van der Waals surface area contributed by atoms with Crippen molar-refractivity contribution in [2.24, 2.45) is 0 Å². The number of carbonyl (C=O) groups is 1. The fourth-order valence-electron chi connectivity index (χ4n) is 2.11. The van der Waals surface area contributed by atoms with Gasteiger partial charge in [-0.1, -0.05) is 0 Å². The molecule has 0 saturated heterocycles. The van der Waals surface area contributed by atoms with E-state index in [0.29, 0.717) is 0 Å². The number of aromatic carboxylic acids is 1. The lowest BCUT2D eigenvalue weighted by atomic mass is 9.99. The zero-order valence-corrected chi connectivity index (χ0v) is 12.1. The average Bonchev–Trinajstić information content (AvgIpc) is 2.52. The Kier molecular flexibility index (Phi) is 4.45. The van der Waals surface area contributed by atoms with E-state index in [1.807, 2.05) is 0 Å². The molecule has 0 heterocycles. The van der Waals surface area contributed by atoms with Crippen LogP contribution in [0.15, 0.2) is 36.4 Å². The molecule has 1 N–H and O–H groups in total. The van der Waals surface area contributed by atoms with Crippen molar-refractivity contribution in [1.29, 1.82) is 0 Å². The van der Waals surface area contributed by atoms with Crippen molar-refractivity contribution in [2.75, 3.05) is 7.11 Å². The third-order valence-electron chi connectivity index (χ3n) is 3.21. The summed E-state index contributed by atoms with van der Waals surface area (Å²) in [6, 6.07) is 5.49. The van der Waals surface area contributed by atoms with Gasteiger partial charge in [0.15, 0.2) is 0 Å². The largest absolute Gasteiger partial charge is 0.496 e. The molecule has 6 nitrogen and oxygen atoms in total. The van der Waals surface area contributed by atoms with Crippen LogP contribution < -0.4 is 4.74 Å². The van der Waals surface area contributed by atoms with Gasteiger partial charge >= 0.3 is 12.1 Å². The number of hydrogen-bond donors (Lipinski definition) is 1. The molecule has 0 bridgehead atoms. The normalized spacial score (nSPS) is 11.2. The Morgan fingerprint density at radius 2 is 1.88 bits per heavy atom. The first-order valence-corrected chi connectivity index (χ1v) is 6.42. The van der Waals surface area contributed by atoms with Gasteiger partial charge in [0.2, 0.25) is 0 Å². The number of halogens is 3. The van der Waals surface area contributed by atoms with Gasteiger partial charge in [0.25, 0.3) is 5.69 Å². The molecule has 0 radical (unpaired) electrons. The van der Waals surface area contributed by atoms with Crippen molar-refractivity contribution in [2.45, 2.75) is 6.18 Å². The van der Waals surface area contributed by atoms with Gasteiger partial charge in [-0.3, -0.25) is 10.1 Å². The number of alkyl halides is 3. The summed E-state index contributed by atoms with van der Waals surface area (Å²) in [5.74, 6) is -1.41. The number of non-ortho nitro benzene ring substituents is 1. The van der Waals surface area contributed by atoms with Crippen LogP contribution in [0.3, 0.4) is 0 Å². The van der Waals surface area contributed by atoms with Crippen LogP contribution >= 0.6 is 0 Å². The summed E-state index contributed by atoms with van der Waals surface area (Å²) >= 11 is 0. The minimum atomic E-state index is -4.63. The third kappa shape index (κ3) is 3.45. The van der Waals surface area contributed by atoms with Gasteiger partial charge in [0, 0.05) is 17.7 Å². The van der Waals surface area contributed by atoms with Crippen LogP contribution in [0, 0.1) is 10.1 Å². The van der Waals surface area contributed by atoms with Crippen molar-refractivity contribution in [3.05, 3.63) is 57.6 Å². The lowest BCUT2D eigenvalue weighted by Gasteiger charge is -2.13. The van der Waals surface area contributed by atoms with E-state index in [9.17, 15) is 28.1 Å². The Labute approximate surface area is 133 Å². The van der Waals surface area contributed by atoms with E-state index in [2.05, 4.69) is 0 Å². The first kappa shape index (κ1) is 17.3. The molecule has 126 valence electrons. The molecule has 0 saturated carbocycles. The van der Waals surface area contributed by atoms with E-state index < -0.39 is 33.9 Å². The van der Waals surface area contributed by atoms with Crippen LogP contribution in [0.2, 0.25) is 0 Å². The van der Waals surface area contributed by atoms with Crippen LogP contribution in [0.5, 0.6) is 5.75 Å². The molecule has 2 rings (SSSR count). The summed E-state index contributed by atoms with van der Waals surface area (Å²) in [7, 11) is 1.22. The number of nitro groups is 1. The number of carboxylic acids is 1. The van der Waals surface area contributed by atoms with E-state index in [4.69, 9.17) is 9.84 Å².